The van der Waals surface area contributed by atoms with E-state index >= 15 is 0 Å². The zero-order chi connectivity index (χ0) is 18.4. The monoisotopic (exact) mass is 395 g/mol. The summed E-state index contributed by atoms with van der Waals surface area (Å²) >= 11 is 2.94. The Labute approximate surface area is 161 Å². The van der Waals surface area contributed by atoms with Gasteiger partial charge in [0.1, 0.15) is 0 Å². The molecule has 0 radical (unpaired) electrons. The summed E-state index contributed by atoms with van der Waals surface area (Å²) in [7, 11) is 0. The minimum absolute atomic E-state index is 0.0424. The molecule has 0 aromatic carbocycles. The Bertz CT molecular complexity index is 748. The van der Waals surface area contributed by atoms with Crippen molar-refractivity contribution in [2.75, 3.05) is 32.8 Å². The van der Waals surface area contributed by atoms with E-state index in [4.69, 9.17) is 4.74 Å². The van der Waals surface area contributed by atoms with Gasteiger partial charge < -0.3 is 14.6 Å². The van der Waals surface area contributed by atoms with Crippen LogP contribution in [0.1, 0.15) is 29.5 Å². The molecule has 1 aliphatic rings. The van der Waals surface area contributed by atoms with Crippen LogP contribution in [0, 0.1) is 6.92 Å². The van der Waals surface area contributed by atoms with Crippen molar-refractivity contribution in [3.05, 3.63) is 43.1 Å². The standard InChI is InChI=1S/C18H25N3O3S2/c1-14-13-26-18(23)21(14)6-2-5-17(22)19-12-15(16-4-3-11-25-16)20-7-9-24-10-8-20/h3-4,11,13,15H,2,5-10,12H2,1H3,(H,19,22). The first-order valence-electron chi connectivity index (χ1n) is 8.92. The van der Waals surface area contributed by atoms with E-state index < -0.39 is 0 Å². The highest BCUT2D eigenvalue weighted by molar-refractivity contribution is 7.10. The van der Waals surface area contributed by atoms with Gasteiger partial charge in [0.2, 0.25) is 5.91 Å². The third-order valence-corrected chi connectivity index (χ3v) is 6.47. The van der Waals surface area contributed by atoms with Crippen molar-refractivity contribution >= 4 is 28.6 Å². The normalized spacial score (nSPS) is 16.5. The molecule has 2 aromatic heterocycles. The summed E-state index contributed by atoms with van der Waals surface area (Å²) in [5.41, 5.74) is 0.963. The van der Waals surface area contributed by atoms with E-state index in [-0.39, 0.29) is 16.8 Å². The zero-order valence-corrected chi connectivity index (χ0v) is 16.6. The van der Waals surface area contributed by atoms with Crippen LogP contribution in [0.4, 0.5) is 0 Å². The van der Waals surface area contributed by atoms with Gasteiger partial charge in [-0.25, -0.2) is 0 Å². The molecule has 2 aromatic rings. The van der Waals surface area contributed by atoms with Crippen LogP contribution in [-0.4, -0.2) is 48.2 Å². The number of nitrogens with zero attached hydrogens (tertiary/aromatic N) is 2. The number of ether oxygens (including phenoxy) is 1. The number of aryl methyl sites for hydroxylation is 1. The number of thiophene rings is 1. The molecule has 1 amide bonds. The lowest BCUT2D eigenvalue weighted by molar-refractivity contribution is -0.121. The minimum Gasteiger partial charge on any atom is -0.379 e. The summed E-state index contributed by atoms with van der Waals surface area (Å²) in [6.07, 6.45) is 1.10. The molecule has 3 rings (SSSR count). The highest BCUT2D eigenvalue weighted by atomic mass is 32.1. The molecular formula is C18H25N3O3S2. The van der Waals surface area contributed by atoms with E-state index in [0.29, 0.717) is 25.9 Å². The summed E-state index contributed by atoms with van der Waals surface area (Å²) in [6, 6.07) is 4.38. The molecule has 1 atom stereocenters. The van der Waals surface area contributed by atoms with E-state index in [0.717, 1.165) is 32.0 Å². The van der Waals surface area contributed by atoms with E-state index in [1.807, 2.05) is 12.3 Å². The molecule has 1 aliphatic heterocycles. The summed E-state index contributed by atoms with van der Waals surface area (Å²) in [4.78, 5) is 27.7. The first-order chi connectivity index (χ1) is 12.6. The number of thiazole rings is 1. The second kappa shape index (κ2) is 9.45. The number of hydrogen-bond donors (Lipinski definition) is 1. The maximum atomic E-state index is 12.3. The van der Waals surface area contributed by atoms with Crippen LogP contribution >= 0.6 is 22.7 Å². The zero-order valence-electron chi connectivity index (χ0n) is 15.0. The number of nitrogens with one attached hydrogen (secondary N) is 1. The predicted molar refractivity (Wildman–Crippen MR) is 105 cm³/mol. The molecule has 3 heterocycles. The van der Waals surface area contributed by atoms with E-state index in [9.17, 15) is 9.59 Å². The van der Waals surface area contributed by atoms with Crippen molar-refractivity contribution in [2.45, 2.75) is 32.4 Å². The van der Waals surface area contributed by atoms with Crippen LogP contribution in [0.2, 0.25) is 0 Å². The number of hydrogen-bond acceptors (Lipinski definition) is 6. The molecule has 0 bridgehead atoms. The third-order valence-electron chi connectivity index (χ3n) is 4.61. The van der Waals surface area contributed by atoms with Crippen molar-refractivity contribution in [1.29, 1.82) is 0 Å². The SMILES string of the molecule is Cc1csc(=O)n1CCCC(=O)NCC(c1cccs1)N1CCOCC1. The molecule has 1 N–H and O–H groups in total. The molecule has 26 heavy (non-hydrogen) atoms. The quantitative estimate of drug-likeness (QED) is 0.745. The fourth-order valence-electron chi connectivity index (χ4n) is 3.15. The van der Waals surface area contributed by atoms with Crippen molar-refractivity contribution in [2.24, 2.45) is 0 Å². The molecule has 8 heteroatoms. The molecule has 142 valence electrons. The third kappa shape index (κ3) is 5.03. The smallest absolute Gasteiger partial charge is 0.307 e. The van der Waals surface area contributed by atoms with Crippen LogP contribution in [-0.2, 0) is 16.1 Å². The van der Waals surface area contributed by atoms with Gasteiger partial charge in [-0.15, -0.1) is 11.3 Å². The Balaban J connectivity index is 1.48. The molecular weight excluding hydrogens is 370 g/mol. The van der Waals surface area contributed by atoms with E-state index in [2.05, 4.69) is 27.7 Å². The summed E-state index contributed by atoms with van der Waals surface area (Å²) < 4.78 is 7.18. The number of carbonyl (C=O) groups excluding carboxylic acids is 1. The maximum absolute atomic E-state index is 12.3. The van der Waals surface area contributed by atoms with Gasteiger partial charge in [-0.2, -0.15) is 0 Å². The Hall–Kier alpha value is -1.48. The minimum atomic E-state index is 0.0424. The Morgan fingerprint density at radius 1 is 1.35 bits per heavy atom. The number of rotatable bonds is 8. The van der Waals surface area contributed by atoms with Crippen molar-refractivity contribution in [1.82, 2.24) is 14.8 Å². The number of carbonyl (C=O) groups is 1. The molecule has 1 fully saturated rings. The second-order valence-corrected chi connectivity index (χ2v) is 8.18. The fraction of sp³-hybridized carbons (Fsp3) is 0.556. The van der Waals surface area contributed by atoms with Crippen molar-refractivity contribution in [3.63, 3.8) is 0 Å². The van der Waals surface area contributed by atoms with Crippen LogP contribution in [0.15, 0.2) is 27.7 Å². The maximum Gasteiger partial charge on any atom is 0.307 e. The Morgan fingerprint density at radius 3 is 2.81 bits per heavy atom. The van der Waals surface area contributed by atoms with Gasteiger partial charge in [0.15, 0.2) is 0 Å². The van der Waals surface area contributed by atoms with Crippen LogP contribution in [0.5, 0.6) is 0 Å². The van der Waals surface area contributed by atoms with Gasteiger partial charge in [0, 0.05) is 48.6 Å². The summed E-state index contributed by atoms with van der Waals surface area (Å²) in [6.45, 7) is 6.38. The second-order valence-electron chi connectivity index (χ2n) is 6.38. The first-order valence-corrected chi connectivity index (χ1v) is 10.7. The van der Waals surface area contributed by atoms with Crippen LogP contribution < -0.4 is 10.2 Å². The predicted octanol–water partition coefficient (Wildman–Crippen LogP) is 2.25. The first kappa shape index (κ1) is 19.3. The average Bonchev–Trinajstić information content (AvgIpc) is 3.28. The van der Waals surface area contributed by atoms with Gasteiger partial charge in [0.25, 0.3) is 0 Å². The lowest BCUT2D eigenvalue weighted by Gasteiger charge is -2.34. The molecule has 0 saturated carbocycles. The summed E-state index contributed by atoms with van der Waals surface area (Å²) in [5.74, 6) is 0.0424. The van der Waals surface area contributed by atoms with E-state index in [1.54, 1.807) is 15.9 Å². The van der Waals surface area contributed by atoms with Gasteiger partial charge in [-0.3, -0.25) is 14.5 Å². The lowest BCUT2D eigenvalue weighted by Crippen LogP contribution is -2.43. The molecule has 1 unspecified atom stereocenters. The molecule has 6 nitrogen and oxygen atoms in total. The number of aromatic nitrogens is 1. The van der Waals surface area contributed by atoms with Crippen molar-refractivity contribution < 1.29 is 9.53 Å². The van der Waals surface area contributed by atoms with Crippen molar-refractivity contribution in [3.8, 4) is 0 Å². The van der Waals surface area contributed by atoms with Gasteiger partial charge in [-0.05, 0) is 24.8 Å². The number of morpholine rings is 1. The molecule has 0 aliphatic carbocycles. The number of amides is 1. The molecule has 0 spiro atoms. The highest BCUT2D eigenvalue weighted by Gasteiger charge is 2.23. The summed E-state index contributed by atoms with van der Waals surface area (Å²) in [5, 5.41) is 7.01. The Kier molecular flexibility index (Phi) is 7.01. The van der Waals surface area contributed by atoms with Gasteiger partial charge in [0.05, 0.1) is 19.3 Å². The van der Waals surface area contributed by atoms with Crippen LogP contribution in [0.3, 0.4) is 0 Å². The van der Waals surface area contributed by atoms with Gasteiger partial charge in [-0.1, -0.05) is 17.4 Å². The van der Waals surface area contributed by atoms with Gasteiger partial charge >= 0.3 is 4.87 Å². The van der Waals surface area contributed by atoms with Crippen LogP contribution in [0.25, 0.3) is 0 Å². The lowest BCUT2D eigenvalue weighted by atomic mass is 10.2. The van der Waals surface area contributed by atoms with E-state index in [1.165, 1.54) is 16.2 Å². The average molecular weight is 396 g/mol. The highest BCUT2D eigenvalue weighted by Crippen LogP contribution is 2.25. The fourth-order valence-corrected chi connectivity index (χ4v) is 4.77. The molecule has 1 saturated heterocycles. The largest absolute Gasteiger partial charge is 0.379 e. The Morgan fingerprint density at radius 2 is 2.15 bits per heavy atom. The topological polar surface area (TPSA) is 63.6 Å².